The quantitative estimate of drug-likeness (QED) is 0.740. The van der Waals surface area contributed by atoms with Crippen molar-refractivity contribution in [1.29, 1.82) is 0 Å². The summed E-state index contributed by atoms with van der Waals surface area (Å²) in [5, 5.41) is 0. The lowest BCUT2D eigenvalue weighted by Crippen LogP contribution is -2.19. The minimum absolute atomic E-state index is 0.108. The molecular formula is C11H16BrClO2. The van der Waals surface area contributed by atoms with Gasteiger partial charge in [-0.1, -0.05) is 31.5 Å². The third-order valence-electron chi connectivity index (χ3n) is 3.25. The van der Waals surface area contributed by atoms with Crippen LogP contribution in [0.2, 0.25) is 0 Å². The van der Waals surface area contributed by atoms with Gasteiger partial charge < -0.3 is 4.74 Å². The number of rotatable bonds is 4. The van der Waals surface area contributed by atoms with Crippen molar-refractivity contribution in [2.24, 2.45) is 17.3 Å². The van der Waals surface area contributed by atoms with Crippen molar-refractivity contribution in [2.75, 3.05) is 6.61 Å². The average Bonchev–Trinajstić information content (AvgIpc) is 2.68. The largest absolute Gasteiger partial charge is 0.465 e. The van der Waals surface area contributed by atoms with Gasteiger partial charge in [0.05, 0.1) is 16.0 Å². The fourth-order valence-corrected chi connectivity index (χ4v) is 2.31. The molecule has 0 bridgehead atoms. The molecule has 1 saturated carbocycles. The average molecular weight is 296 g/mol. The van der Waals surface area contributed by atoms with Crippen molar-refractivity contribution in [3.8, 4) is 0 Å². The first-order valence-electron chi connectivity index (χ1n) is 5.14. The molecule has 15 heavy (non-hydrogen) atoms. The molecule has 3 unspecified atom stereocenters. The third-order valence-corrected chi connectivity index (χ3v) is 3.64. The van der Waals surface area contributed by atoms with Gasteiger partial charge in [-0.05, 0) is 41.1 Å². The van der Waals surface area contributed by atoms with Crippen LogP contribution in [0.1, 0.15) is 27.2 Å². The molecule has 86 valence electrons. The van der Waals surface area contributed by atoms with Crippen molar-refractivity contribution in [3.63, 3.8) is 0 Å². The number of carbonyl (C=O) groups excluding carboxylic acids is 1. The van der Waals surface area contributed by atoms with Crippen molar-refractivity contribution < 1.29 is 9.53 Å². The van der Waals surface area contributed by atoms with E-state index < -0.39 is 0 Å². The first-order chi connectivity index (χ1) is 6.94. The van der Waals surface area contributed by atoms with E-state index in [0.717, 1.165) is 6.42 Å². The Morgan fingerprint density at radius 1 is 1.67 bits per heavy atom. The van der Waals surface area contributed by atoms with Crippen LogP contribution in [0, 0.1) is 17.3 Å². The lowest BCUT2D eigenvalue weighted by atomic mass is 10.1. The summed E-state index contributed by atoms with van der Waals surface area (Å²) < 4.78 is 5.74. The van der Waals surface area contributed by atoms with Crippen LogP contribution in [0.15, 0.2) is 10.0 Å². The van der Waals surface area contributed by atoms with Crippen LogP contribution in [0.5, 0.6) is 0 Å². The molecule has 0 saturated heterocycles. The van der Waals surface area contributed by atoms with E-state index in [9.17, 15) is 4.79 Å². The fourth-order valence-electron chi connectivity index (χ4n) is 1.89. The first-order valence-corrected chi connectivity index (χ1v) is 6.31. The Bertz CT molecular complexity index is 286. The van der Waals surface area contributed by atoms with Crippen LogP contribution in [-0.4, -0.2) is 12.6 Å². The van der Waals surface area contributed by atoms with Gasteiger partial charge in [-0.15, -0.1) is 0 Å². The highest BCUT2D eigenvalue weighted by atomic mass is 79.9. The van der Waals surface area contributed by atoms with Crippen LogP contribution >= 0.6 is 27.5 Å². The lowest BCUT2D eigenvalue weighted by molar-refractivity contribution is -0.150. The zero-order valence-corrected chi connectivity index (χ0v) is 11.6. The van der Waals surface area contributed by atoms with E-state index >= 15 is 0 Å². The number of hydrogen-bond acceptors (Lipinski definition) is 2. The topological polar surface area (TPSA) is 26.3 Å². The van der Waals surface area contributed by atoms with Gasteiger partial charge in [-0.2, -0.15) is 0 Å². The van der Waals surface area contributed by atoms with E-state index in [-0.39, 0.29) is 17.3 Å². The second-order valence-electron chi connectivity index (χ2n) is 4.19. The maximum atomic E-state index is 11.8. The summed E-state index contributed by atoms with van der Waals surface area (Å²) in [6, 6.07) is 0. The summed E-state index contributed by atoms with van der Waals surface area (Å²) in [7, 11) is 0. The second-order valence-corrected chi connectivity index (χ2v) is 5.91. The Kier molecular flexibility index (Phi) is 4.24. The molecule has 0 N–H and O–H groups in total. The standard InChI is InChI=1S/C11H16BrClO2/c1-4-5-15-10(14)11(3)7(2)8(11)6-9(12)13/h6-8H,4-5H2,1-3H3/b9-6-. The summed E-state index contributed by atoms with van der Waals surface area (Å²) >= 11 is 8.91. The monoisotopic (exact) mass is 294 g/mol. The van der Waals surface area contributed by atoms with Crippen LogP contribution in [-0.2, 0) is 9.53 Å². The maximum Gasteiger partial charge on any atom is 0.312 e. The number of allylic oxidation sites excluding steroid dienone is 1. The second kappa shape index (κ2) is 4.88. The molecule has 3 atom stereocenters. The minimum Gasteiger partial charge on any atom is -0.465 e. The van der Waals surface area contributed by atoms with Crippen LogP contribution in [0.4, 0.5) is 0 Å². The number of halogens is 2. The lowest BCUT2D eigenvalue weighted by Gasteiger charge is -2.09. The van der Waals surface area contributed by atoms with Gasteiger partial charge in [0.1, 0.15) is 0 Å². The van der Waals surface area contributed by atoms with Crippen molar-refractivity contribution in [1.82, 2.24) is 0 Å². The highest BCUT2D eigenvalue weighted by molar-refractivity contribution is 9.12. The van der Waals surface area contributed by atoms with Gasteiger partial charge in [0, 0.05) is 0 Å². The zero-order chi connectivity index (χ0) is 11.6. The molecule has 1 aliphatic carbocycles. The van der Waals surface area contributed by atoms with E-state index in [1.54, 1.807) is 0 Å². The predicted octanol–water partition coefficient (Wildman–Crippen LogP) is 3.69. The summed E-state index contributed by atoms with van der Waals surface area (Å²) in [6.45, 7) is 6.46. The normalized spacial score (nSPS) is 35.1. The van der Waals surface area contributed by atoms with Crippen LogP contribution < -0.4 is 0 Å². The van der Waals surface area contributed by atoms with Gasteiger partial charge >= 0.3 is 5.97 Å². The number of hydrogen-bond donors (Lipinski definition) is 0. The van der Waals surface area contributed by atoms with Crippen LogP contribution in [0.25, 0.3) is 0 Å². The minimum atomic E-state index is -0.386. The van der Waals surface area contributed by atoms with Crippen molar-refractivity contribution in [2.45, 2.75) is 27.2 Å². The SMILES string of the molecule is CCCOC(=O)C1(C)C(C)C1/C=C(\Cl)Br. The molecule has 0 amide bonds. The number of esters is 1. The first kappa shape index (κ1) is 13.0. The molecule has 1 aliphatic rings. The van der Waals surface area contributed by atoms with E-state index in [1.165, 1.54) is 0 Å². The van der Waals surface area contributed by atoms with E-state index in [0.29, 0.717) is 16.5 Å². The summed E-state index contributed by atoms with van der Waals surface area (Å²) in [4.78, 5) is 11.8. The van der Waals surface area contributed by atoms with Gasteiger partial charge in [-0.3, -0.25) is 4.79 Å². The van der Waals surface area contributed by atoms with Gasteiger partial charge in [-0.25, -0.2) is 0 Å². The fraction of sp³-hybridized carbons (Fsp3) is 0.727. The molecule has 0 heterocycles. The highest BCUT2D eigenvalue weighted by Gasteiger charge is 2.63. The Morgan fingerprint density at radius 2 is 2.27 bits per heavy atom. The zero-order valence-electron chi connectivity index (χ0n) is 9.22. The Balaban J connectivity index is 2.62. The Labute approximate surface area is 104 Å². The molecular weight excluding hydrogens is 279 g/mol. The Morgan fingerprint density at radius 3 is 2.73 bits per heavy atom. The molecule has 0 aromatic heterocycles. The number of ether oxygens (including phenoxy) is 1. The molecule has 1 fully saturated rings. The summed E-state index contributed by atoms with van der Waals surface area (Å²) in [6.07, 6.45) is 2.73. The molecule has 0 radical (unpaired) electrons. The number of carbonyl (C=O) groups is 1. The summed E-state index contributed by atoms with van der Waals surface area (Å²) in [5.41, 5.74) is -0.386. The molecule has 0 spiro atoms. The van der Waals surface area contributed by atoms with E-state index in [4.69, 9.17) is 16.3 Å². The van der Waals surface area contributed by atoms with Gasteiger partial charge in [0.2, 0.25) is 0 Å². The maximum absolute atomic E-state index is 11.8. The van der Waals surface area contributed by atoms with Crippen molar-refractivity contribution >= 4 is 33.5 Å². The molecule has 0 aromatic rings. The van der Waals surface area contributed by atoms with Crippen LogP contribution in [0.3, 0.4) is 0 Å². The molecule has 4 heteroatoms. The molecule has 2 nitrogen and oxygen atoms in total. The van der Waals surface area contributed by atoms with Crippen molar-refractivity contribution in [3.05, 3.63) is 10.0 Å². The smallest absolute Gasteiger partial charge is 0.312 e. The summed E-state index contributed by atoms with van der Waals surface area (Å²) in [5.74, 6) is 0.380. The van der Waals surface area contributed by atoms with Gasteiger partial charge in [0.15, 0.2) is 0 Å². The third kappa shape index (κ3) is 2.56. The molecule has 1 rings (SSSR count). The molecule has 0 aliphatic heterocycles. The van der Waals surface area contributed by atoms with Gasteiger partial charge in [0.25, 0.3) is 0 Å². The van der Waals surface area contributed by atoms with E-state index in [1.807, 2.05) is 26.8 Å². The highest BCUT2D eigenvalue weighted by Crippen LogP contribution is 2.60. The Hall–Kier alpha value is -0.0200. The molecule has 0 aromatic carbocycles. The van der Waals surface area contributed by atoms with E-state index in [2.05, 4.69) is 15.9 Å². The predicted molar refractivity (Wildman–Crippen MR) is 64.9 cm³/mol.